The smallest absolute Gasteiger partial charge is 0.200 e. The Morgan fingerprint density at radius 1 is 0.640 bits per heavy atom. The molecular weight excluding hydrogens is 613 g/mol. The van der Waals surface area contributed by atoms with Crippen LogP contribution < -0.4 is 0 Å². The van der Waals surface area contributed by atoms with Crippen molar-refractivity contribution in [1.29, 1.82) is 5.26 Å². The zero-order valence-electron chi connectivity index (χ0n) is 27.4. The summed E-state index contributed by atoms with van der Waals surface area (Å²) in [6.07, 6.45) is 0. The highest BCUT2D eigenvalue weighted by Gasteiger charge is 2.37. The van der Waals surface area contributed by atoms with E-state index in [-0.39, 0.29) is 5.41 Å². The van der Waals surface area contributed by atoms with Gasteiger partial charge in [0.2, 0.25) is 0 Å². The number of benzene rings is 6. The SMILES string of the molecule is [C-]#[N+]c1cc(-n2c3ccccc3c3c4c(ccc32)C(C)(C)c2ccccc2-4)c(C#N)cc1-c1nc(-c2ccccc2)nc(-c2ccccc2)n1. The lowest BCUT2D eigenvalue weighted by Crippen LogP contribution is -2.14. The van der Waals surface area contributed by atoms with E-state index in [2.05, 4.69) is 83.9 Å². The lowest BCUT2D eigenvalue weighted by Gasteiger charge is -2.21. The van der Waals surface area contributed by atoms with E-state index in [9.17, 15) is 5.26 Å². The topological polar surface area (TPSA) is 71.8 Å². The summed E-state index contributed by atoms with van der Waals surface area (Å²) in [6.45, 7) is 12.9. The molecule has 6 nitrogen and oxygen atoms in total. The minimum Gasteiger partial charge on any atom is -0.309 e. The van der Waals surface area contributed by atoms with Gasteiger partial charge in [0, 0.05) is 32.9 Å². The Morgan fingerprint density at radius 2 is 1.26 bits per heavy atom. The Bertz CT molecular complexity index is 2690. The van der Waals surface area contributed by atoms with Crippen LogP contribution in [0.25, 0.3) is 77.6 Å². The quantitative estimate of drug-likeness (QED) is 0.179. The molecule has 0 fully saturated rings. The second kappa shape index (κ2) is 11.1. The first-order chi connectivity index (χ1) is 24.5. The predicted octanol–water partition coefficient (Wildman–Crippen LogP) is 10.7. The van der Waals surface area contributed by atoms with Crippen LogP contribution in [0.4, 0.5) is 5.69 Å². The lowest BCUT2D eigenvalue weighted by atomic mass is 9.82. The lowest BCUT2D eigenvalue weighted by molar-refractivity contribution is 0.661. The number of rotatable bonds is 4. The largest absolute Gasteiger partial charge is 0.309 e. The molecule has 1 aliphatic carbocycles. The number of fused-ring (bicyclic) bond motifs is 7. The van der Waals surface area contributed by atoms with Gasteiger partial charge in [0.1, 0.15) is 6.07 Å². The molecule has 234 valence electrons. The number of nitriles is 1. The Hall–Kier alpha value is -6.89. The summed E-state index contributed by atoms with van der Waals surface area (Å²) in [7, 11) is 0. The van der Waals surface area contributed by atoms with Gasteiger partial charge in [0.15, 0.2) is 23.2 Å². The minimum atomic E-state index is -0.151. The molecule has 0 aliphatic heterocycles. The van der Waals surface area contributed by atoms with Gasteiger partial charge in [0.05, 0.1) is 28.9 Å². The normalized spacial score (nSPS) is 12.7. The molecule has 2 aromatic heterocycles. The van der Waals surface area contributed by atoms with Gasteiger partial charge in [-0.2, -0.15) is 5.26 Å². The molecular formula is C44H28N6. The Kier molecular flexibility index (Phi) is 6.49. The summed E-state index contributed by atoms with van der Waals surface area (Å²) in [5, 5.41) is 13.0. The van der Waals surface area contributed by atoms with E-state index < -0.39 is 0 Å². The molecule has 9 rings (SSSR count). The summed E-state index contributed by atoms with van der Waals surface area (Å²) < 4.78 is 2.13. The van der Waals surface area contributed by atoms with Crippen LogP contribution in [0.15, 0.2) is 133 Å². The van der Waals surface area contributed by atoms with E-state index in [1.165, 1.54) is 22.3 Å². The van der Waals surface area contributed by atoms with Crippen LogP contribution in [0.2, 0.25) is 0 Å². The molecule has 0 unspecified atom stereocenters. The fourth-order valence-electron chi connectivity index (χ4n) is 7.56. The van der Waals surface area contributed by atoms with Gasteiger partial charge in [-0.1, -0.05) is 123 Å². The molecule has 2 heterocycles. The van der Waals surface area contributed by atoms with Gasteiger partial charge in [-0.25, -0.2) is 19.8 Å². The van der Waals surface area contributed by atoms with E-state index >= 15 is 0 Å². The highest BCUT2D eigenvalue weighted by molar-refractivity contribution is 6.18. The number of para-hydroxylation sites is 1. The fourth-order valence-corrected chi connectivity index (χ4v) is 7.56. The molecule has 0 atom stereocenters. The van der Waals surface area contributed by atoms with E-state index in [1.54, 1.807) is 6.07 Å². The first-order valence-corrected chi connectivity index (χ1v) is 16.5. The van der Waals surface area contributed by atoms with Crippen LogP contribution in [-0.4, -0.2) is 19.5 Å². The zero-order valence-corrected chi connectivity index (χ0v) is 27.4. The van der Waals surface area contributed by atoms with E-state index in [0.29, 0.717) is 40.0 Å². The Balaban J connectivity index is 1.31. The zero-order chi connectivity index (χ0) is 34.0. The van der Waals surface area contributed by atoms with Gasteiger partial charge in [-0.3, -0.25) is 0 Å². The number of nitrogens with zero attached hydrogens (tertiary/aromatic N) is 6. The average Bonchev–Trinajstić information content (AvgIpc) is 3.63. The molecule has 6 aromatic carbocycles. The van der Waals surface area contributed by atoms with Crippen molar-refractivity contribution in [2.24, 2.45) is 0 Å². The number of hydrogen-bond acceptors (Lipinski definition) is 4. The van der Waals surface area contributed by atoms with Crippen molar-refractivity contribution in [2.45, 2.75) is 19.3 Å². The summed E-state index contributed by atoms with van der Waals surface area (Å²) in [5.41, 5.74) is 10.4. The first kappa shape index (κ1) is 29.3. The van der Waals surface area contributed by atoms with Crippen LogP contribution in [0, 0.1) is 17.9 Å². The predicted molar refractivity (Wildman–Crippen MR) is 199 cm³/mol. The molecule has 0 bridgehead atoms. The van der Waals surface area contributed by atoms with Crippen molar-refractivity contribution >= 4 is 27.5 Å². The maximum atomic E-state index is 10.7. The van der Waals surface area contributed by atoms with Crippen molar-refractivity contribution in [1.82, 2.24) is 19.5 Å². The first-order valence-electron chi connectivity index (χ1n) is 16.5. The maximum absolute atomic E-state index is 10.7. The monoisotopic (exact) mass is 640 g/mol. The van der Waals surface area contributed by atoms with Gasteiger partial charge < -0.3 is 4.57 Å². The average molecular weight is 641 g/mol. The van der Waals surface area contributed by atoms with Crippen LogP contribution in [-0.2, 0) is 5.41 Å². The van der Waals surface area contributed by atoms with Gasteiger partial charge >= 0.3 is 0 Å². The van der Waals surface area contributed by atoms with E-state index in [4.69, 9.17) is 21.5 Å². The van der Waals surface area contributed by atoms with Gasteiger partial charge in [-0.15, -0.1) is 0 Å². The molecule has 0 radical (unpaired) electrons. The molecule has 0 saturated carbocycles. The highest BCUT2D eigenvalue weighted by atomic mass is 15.0. The molecule has 0 spiro atoms. The van der Waals surface area contributed by atoms with Gasteiger partial charge in [0.25, 0.3) is 0 Å². The summed E-state index contributed by atoms with van der Waals surface area (Å²) in [4.78, 5) is 18.5. The van der Waals surface area contributed by atoms with Crippen molar-refractivity contribution in [3.8, 4) is 57.0 Å². The molecule has 6 heteroatoms. The standard InChI is InChI=1S/C44H28N6/c1-44(2)33-20-12-10-18-30(33)39-34(44)22-23-37-40(39)31-19-11-13-21-36(31)50(37)38-25-35(46-3)32(24-29(38)26-45)43-48-41(27-14-6-4-7-15-27)47-42(49-43)28-16-8-5-9-17-28/h4-25H,1-2H3. The maximum Gasteiger partial charge on any atom is 0.200 e. The fraction of sp³-hybridized carbons (Fsp3) is 0.0682. The third kappa shape index (κ3) is 4.29. The van der Waals surface area contributed by atoms with Crippen LogP contribution in [0.3, 0.4) is 0 Å². The molecule has 8 aromatic rings. The molecule has 0 amide bonds. The third-order valence-electron chi connectivity index (χ3n) is 9.92. The van der Waals surface area contributed by atoms with Crippen molar-refractivity contribution in [2.75, 3.05) is 0 Å². The second-order valence-corrected chi connectivity index (χ2v) is 13.1. The van der Waals surface area contributed by atoms with Crippen LogP contribution >= 0.6 is 0 Å². The molecule has 50 heavy (non-hydrogen) atoms. The Morgan fingerprint density at radius 3 is 1.94 bits per heavy atom. The van der Waals surface area contributed by atoms with Crippen molar-refractivity contribution in [3.05, 3.63) is 162 Å². The minimum absolute atomic E-state index is 0.151. The number of hydrogen-bond donors (Lipinski definition) is 0. The molecule has 0 N–H and O–H groups in total. The van der Waals surface area contributed by atoms with Crippen LogP contribution in [0.1, 0.15) is 30.5 Å². The second-order valence-electron chi connectivity index (χ2n) is 13.1. The van der Waals surface area contributed by atoms with Gasteiger partial charge in [-0.05, 0) is 46.5 Å². The van der Waals surface area contributed by atoms with E-state index in [0.717, 1.165) is 32.9 Å². The van der Waals surface area contributed by atoms with Crippen LogP contribution in [0.5, 0.6) is 0 Å². The third-order valence-corrected chi connectivity index (χ3v) is 9.92. The molecule has 1 aliphatic rings. The summed E-state index contributed by atoms with van der Waals surface area (Å²) in [6, 6.07) is 46.8. The summed E-state index contributed by atoms with van der Waals surface area (Å²) >= 11 is 0. The number of aromatic nitrogens is 4. The van der Waals surface area contributed by atoms with E-state index in [1.807, 2.05) is 72.8 Å². The summed E-state index contributed by atoms with van der Waals surface area (Å²) in [5.74, 6) is 1.32. The highest BCUT2D eigenvalue weighted by Crippen LogP contribution is 2.53. The van der Waals surface area contributed by atoms with Crippen molar-refractivity contribution in [3.63, 3.8) is 0 Å². The van der Waals surface area contributed by atoms with Crippen molar-refractivity contribution < 1.29 is 0 Å². The Labute approximate surface area is 289 Å². The molecule has 0 saturated heterocycles.